The summed E-state index contributed by atoms with van der Waals surface area (Å²) in [5.74, 6) is 1.12. The van der Waals surface area contributed by atoms with Gasteiger partial charge in [-0.15, -0.1) is 0 Å². The van der Waals surface area contributed by atoms with Crippen LogP contribution in [0.1, 0.15) is 24.9 Å². The Morgan fingerprint density at radius 1 is 1.60 bits per heavy atom. The molecular weight excluding hydrogens is 239 g/mol. The monoisotopic (exact) mass is 250 g/mol. The average Bonchev–Trinajstić information content (AvgIpc) is 2.14. The zero-order chi connectivity index (χ0) is 7.56. The summed E-state index contributed by atoms with van der Waals surface area (Å²) in [6.07, 6.45) is 2.22. The van der Waals surface area contributed by atoms with E-state index in [0.29, 0.717) is 0 Å². The third kappa shape index (κ3) is 1.71. The van der Waals surface area contributed by atoms with Gasteiger partial charge in [0, 0.05) is 6.42 Å². The molecule has 1 rings (SSSR count). The van der Waals surface area contributed by atoms with Crippen LogP contribution in [0, 0.1) is 10.6 Å². The highest BCUT2D eigenvalue weighted by molar-refractivity contribution is 14.1. The van der Waals surface area contributed by atoms with Gasteiger partial charge < -0.3 is 4.98 Å². The molecule has 0 spiro atoms. The van der Waals surface area contributed by atoms with Crippen LogP contribution in [0.2, 0.25) is 0 Å². The Morgan fingerprint density at radius 2 is 2.30 bits per heavy atom. The van der Waals surface area contributed by atoms with Crippen LogP contribution in [0.4, 0.5) is 0 Å². The smallest absolute Gasteiger partial charge is 0.107 e. The minimum atomic E-state index is 1.06. The summed E-state index contributed by atoms with van der Waals surface area (Å²) in [4.78, 5) is 7.56. The van der Waals surface area contributed by atoms with Gasteiger partial charge in [0.15, 0.2) is 0 Å². The molecule has 1 N–H and O–H groups in total. The fourth-order valence-corrected chi connectivity index (χ4v) is 1.28. The summed E-state index contributed by atoms with van der Waals surface area (Å²) in [5.41, 5.74) is 1.11. The van der Waals surface area contributed by atoms with Crippen LogP contribution in [0.3, 0.4) is 0 Å². The summed E-state index contributed by atoms with van der Waals surface area (Å²) in [6.45, 7) is 4.18. The SMILES string of the molecule is CCCc1nc(C)c(I)[nH]1. The summed E-state index contributed by atoms with van der Waals surface area (Å²) >= 11 is 2.27. The number of aromatic nitrogens is 2. The lowest BCUT2D eigenvalue weighted by Gasteiger charge is -1.86. The van der Waals surface area contributed by atoms with E-state index in [9.17, 15) is 0 Å². The summed E-state index contributed by atoms with van der Waals surface area (Å²) < 4.78 is 1.17. The molecule has 1 aromatic rings. The second-order valence-corrected chi connectivity index (χ2v) is 3.41. The van der Waals surface area contributed by atoms with E-state index in [0.717, 1.165) is 24.4 Å². The number of H-pyrrole nitrogens is 1. The number of nitrogens with zero attached hydrogens (tertiary/aromatic N) is 1. The molecule has 0 radical (unpaired) electrons. The maximum absolute atomic E-state index is 4.34. The molecule has 0 aromatic carbocycles. The Morgan fingerprint density at radius 3 is 2.70 bits per heavy atom. The molecule has 10 heavy (non-hydrogen) atoms. The van der Waals surface area contributed by atoms with Gasteiger partial charge >= 0.3 is 0 Å². The fourth-order valence-electron chi connectivity index (χ4n) is 0.852. The summed E-state index contributed by atoms with van der Waals surface area (Å²) in [7, 11) is 0. The minimum absolute atomic E-state index is 1.06. The van der Waals surface area contributed by atoms with Gasteiger partial charge in [0.2, 0.25) is 0 Å². The van der Waals surface area contributed by atoms with Gasteiger partial charge in [-0.05, 0) is 35.9 Å². The van der Waals surface area contributed by atoms with Crippen LogP contribution >= 0.6 is 22.6 Å². The fraction of sp³-hybridized carbons (Fsp3) is 0.571. The van der Waals surface area contributed by atoms with Gasteiger partial charge in [0.05, 0.1) is 5.69 Å². The van der Waals surface area contributed by atoms with E-state index in [4.69, 9.17) is 0 Å². The van der Waals surface area contributed by atoms with Crippen LogP contribution in [-0.2, 0) is 6.42 Å². The lowest BCUT2D eigenvalue weighted by molar-refractivity contribution is 0.852. The van der Waals surface area contributed by atoms with Crippen molar-refractivity contribution in [2.24, 2.45) is 0 Å². The lowest BCUT2D eigenvalue weighted by atomic mass is 10.3. The van der Waals surface area contributed by atoms with Gasteiger partial charge in [-0.25, -0.2) is 4.98 Å². The molecule has 0 fully saturated rings. The zero-order valence-corrected chi connectivity index (χ0v) is 8.40. The van der Waals surface area contributed by atoms with Crippen molar-refractivity contribution in [3.8, 4) is 0 Å². The zero-order valence-electron chi connectivity index (χ0n) is 6.24. The minimum Gasteiger partial charge on any atom is -0.337 e. The number of halogens is 1. The van der Waals surface area contributed by atoms with Crippen LogP contribution in [-0.4, -0.2) is 9.97 Å². The van der Waals surface area contributed by atoms with Crippen molar-refractivity contribution < 1.29 is 0 Å². The van der Waals surface area contributed by atoms with E-state index in [1.165, 1.54) is 3.70 Å². The highest BCUT2D eigenvalue weighted by atomic mass is 127. The van der Waals surface area contributed by atoms with E-state index in [2.05, 4.69) is 39.5 Å². The van der Waals surface area contributed by atoms with Crippen molar-refractivity contribution in [3.05, 3.63) is 15.2 Å². The van der Waals surface area contributed by atoms with E-state index in [-0.39, 0.29) is 0 Å². The Hall–Kier alpha value is -0.0600. The molecule has 1 aromatic heterocycles. The summed E-state index contributed by atoms with van der Waals surface area (Å²) in [5, 5.41) is 0. The molecule has 2 nitrogen and oxygen atoms in total. The van der Waals surface area contributed by atoms with E-state index < -0.39 is 0 Å². The van der Waals surface area contributed by atoms with Crippen LogP contribution in [0.5, 0.6) is 0 Å². The topological polar surface area (TPSA) is 28.7 Å². The van der Waals surface area contributed by atoms with E-state index >= 15 is 0 Å². The number of aryl methyl sites for hydroxylation is 2. The first kappa shape index (κ1) is 8.04. The first-order valence-electron chi connectivity index (χ1n) is 3.45. The van der Waals surface area contributed by atoms with Crippen molar-refractivity contribution in [2.75, 3.05) is 0 Å². The van der Waals surface area contributed by atoms with Gasteiger partial charge in [-0.3, -0.25) is 0 Å². The average molecular weight is 250 g/mol. The number of aromatic amines is 1. The van der Waals surface area contributed by atoms with Crippen LogP contribution < -0.4 is 0 Å². The van der Waals surface area contributed by atoms with Crippen molar-refractivity contribution in [1.82, 2.24) is 9.97 Å². The molecule has 0 aliphatic carbocycles. The van der Waals surface area contributed by atoms with E-state index in [1.54, 1.807) is 0 Å². The molecule has 0 unspecified atom stereocenters. The first-order chi connectivity index (χ1) is 4.74. The standard InChI is InChI=1S/C7H11IN2/c1-3-4-6-9-5(2)7(8)10-6/h3-4H2,1-2H3,(H,9,10). The molecule has 3 heteroatoms. The van der Waals surface area contributed by atoms with E-state index in [1.807, 2.05) is 6.92 Å². The molecule has 1 heterocycles. The van der Waals surface area contributed by atoms with Gasteiger partial charge in [0.25, 0.3) is 0 Å². The number of hydrogen-bond donors (Lipinski definition) is 1. The van der Waals surface area contributed by atoms with Gasteiger partial charge in [0.1, 0.15) is 9.53 Å². The highest BCUT2D eigenvalue weighted by Gasteiger charge is 2.00. The molecule has 0 atom stereocenters. The Balaban J connectivity index is 2.77. The third-order valence-electron chi connectivity index (χ3n) is 1.36. The number of imidazole rings is 1. The van der Waals surface area contributed by atoms with Gasteiger partial charge in [-0.1, -0.05) is 6.92 Å². The predicted molar refractivity (Wildman–Crippen MR) is 50.0 cm³/mol. The van der Waals surface area contributed by atoms with Crippen molar-refractivity contribution >= 4 is 22.6 Å². The number of rotatable bonds is 2. The van der Waals surface area contributed by atoms with Crippen LogP contribution in [0.25, 0.3) is 0 Å². The number of nitrogens with one attached hydrogen (secondary N) is 1. The molecule has 0 aliphatic rings. The molecule has 56 valence electrons. The normalized spacial score (nSPS) is 10.3. The summed E-state index contributed by atoms with van der Waals surface area (Å²) in [6, 6.07) is 0. The molecule has 0 saturated carbocycles. The van der Waals surface area contributed by atoms with Crippen molar-refractivity contribution in [1.29, 1.82) is 0 Å². The highest BCUT2D eigenvalue weighted by Crippen LogP contribution is 2.08. The van der Waals surface area contributed by atoms with Crippen LogP contribution in [0.15, 0.2) is 0 Å². The largest absolute Gasteiger partial charge is 0.337 e. The molecule has 0 aliphatic heterocycles. The molecule has 0 bridgehead atoms. The van der Waals surface area contributed by atoms with Crippen molar-refractivity contribution in [2.45, 2.75) is 26.7 Å². The second kappa shape index (κ2) is 3.37. The Kier molecular flexibility index (Phi) is 2.71. The third-order valence-corrected chi connectivity index (χ3v) is 2.41. The quantitative estimate of drug-likeness (QED) is 0.801. The second-order valence-electron chi connectivity index (χ2n) is 2.33. The maximum atomic E-state index is 4.34. The molecular formula is C7H11IN2. The number of hydrogen-bond acceptors (Lipinski definition) is 1. The lowest BCUT2D eigenvalue weighted by Crippen LogP contribution is -1.84. The molecule has 0 amide bonds. The van der Waals surface area contributed by atoms with Gasteiger partial charge in [-0.2, -0.15) is 0 Å². The maximum Gasteiger partial charge on any atom is 0.107 e. The Bertz CT molecular complexity index is 198. The molecule has 0 saturated heterocycles. The van der Waals surface area contributed by atoms with Crippen molar-refractivity contribution in [3.63, 3.8) is 0 Å². The first-order valence-corrected chi connectivity index (χ1v) is 4.53. The Labute approximate surface area is 74.6 Å². The predicted octanol–water partition coefficient (Wildman–Crippen LogP) is 2.28.